The van der Waals surface area contributed by atoms with Crippen LogP contribution in [-0.4, -0.2) is 30.9 Å². The highest BCUT2D eigenvalue weighted by molar-refractivity contribution is 7.90. The van der Waals surface area contributed by atoms with Gasteiger partial charge in [0.25, 0.3) is 0 Å². The molecule has 1 aromatic heterocycles. The van der Waals surface area contributed by atoms with Gasteiger partial charge in [-0.2, -0.15) is 0 Å². The molecule has 0 unspecified atom stereocenters. The van der Waals surface area contributed by atoms with E-state index in [9.17, 15) is 8.42 Å². The molecule has 0 bridgehead atoms. The Bertz CT molecular complexity index is 690. The van der Waals surface area contributed by atoms with E-state index in [-0.39, 0.29) is 18.1 Å². The van der Waals surface area contributed by atoms with E-state index in [0.29, 0.717) is 18.5 Å². The molecule has 1 N–H and O–H groups in total. The maximum absolute atomic E-state index is 12.1. The van der Waals surface area contributed by atoms with Crippen LogP contribution in [-0.2, 0) is 15.6 Å². The van der Waals surface area contributed by atoms with Gasteiger partial charge in [0, 0.05) is 17.6 Å². The average molecular weight is 339 g/mol. The van der Waals surface area contributed by atoms with Crippen molar-refractivity contribution >= 4 is 21.2 Å². The van der Waals surface area contributed by atoms with Crippen molar-refractivity contribution in [3.8, 4) is 10.6 Å². The summed E-state index contributed by atoms with van der Waals surface area (Å²) in [6, 6.07) is 8.05. The van der Waals surface area contributed by atoms with Gasteiger partial charge in [0.05, 0.1) is 17.2 Å². The van der Waals surface area contributed by atoms with Gasteiger partial charge in [-0.3, -0.25) is 0 Å². The van der Waals surface area contributed by atoms with Gasteiger partial charge in [-0.1, -0.05) is 36.2 Å². The predicted molar refractivity (Wildman–Crippen MR) is 90.7 cm³/mol. The van der Waals surface area contributed by atoms with Crippen LogP contribution in [0.5, 0.6) is 0 Å². The molecule has 120 valence electrons. The molecule has 6 heteroatoms. The largest absolute Gasteiger partial charge is 0.396 e. The number of hydrogen-bond acceptors (Lipinski definition) is 5. The van der Waals surface area contributed by atoms with E-state index in [2.05, 4.69) is 4.98 Å². The van der Waals surface area contributed by atoms with Crippen LogP contribution in [0.4, 0.5) is 0 Å². The fraction of sp³-hybridized carbons (Fsp3) is 0.438. The third kappa shape index (κ3) is 5.19. The average Bonchev–Trinajstić information content (AvgIpc) is 2.92. The van der Waals surface area contributed by atoms with Crippen molar-refractivity contribution in [3.05, 3.63) is 40.9 Å². The lowest BCUT2D eigenvalue weighted by molar-refractivity contribution is 0.284. The summed E-state index contributed by atoms with van der Waals surface area (Å²) in [5, 5.41) is 11.4. The molecule has 0 spiro atoms. The van der Waals surface area contributed by atoms with E-state index < -0.39 is 9.84 Å². The Morgan fingerprint density at radius 3 is 2.55 bits per heavy atom. The van der Waals surface area contributed by atoms with E-state index in [1.807, 2.05) is 36.6 Å². The zero-order chi connectivity index (χ0) is 16.0. The maximum atomic E-state index is 12.1. The van der Waals surface area contributed by atoms with E-state index in [0.717, 1.165) is 17.0 Å². The Morgan fingerprint density at radius 2 is 1.86 bits per heavy atom. The van der Waals surface area contributed by atoms with Gasteiger partial charge in [0.15, 0.2) is 9.84 Å². The number of aromatic nitrogens is 1. The number of nitrogens with zero attached hydrogens (tertiary/aromatic N) is 1. The van der Waals surface area contributed by atoms with Crippen LogP contribution >= 0.6 is 11.3 Å². The van der Waals surface area contributed by atoms with Crippen LogP contribution in [0.25, 0.3) is 10.6 Å². The lowest BCUT2D eigenvalue weighted by atomic mass is 10.2. The van der Waals surface area contributed by atoms with E-state index in [1.165, 1.54) is 16.9 Å². The number of benzene rings is 1. The molecular formula is C16H21NO3S2. The number of thiazole rings is 1. The van der Waals surface area contributed by atoms with Crippen LogP contribution in [0, 0.1) is 6.92 Å². The van der Waals surface area contributed by atoms with Gasteiger partial charge < -0.3 is 5.11 Å². The summed E-state index contributed by atoms with van der Waals surface area (Å²) in [7, 11) is -3.13. The Kier molecular flexibility index (Phi) is 6.11. The maximum Gasteiger partial charge on any atom is 0.156 e. The number of rotatable bonds is 8. The third-order valence-electron chi connectivity index (χ3n) is 3.33. The predicted octanol–water partition coefficient (Wildman–Crippen LogP) is 3.20. The quantitative estimate of drug-likeness (QED) is 0.750. The van der Waals surface area contributed by atoms with Crippen LogP contribution in [0.1, 0.15) is 30.5 Å². The van der Waals surface area contributed by atoms with E-state index in [1.54, 1.807) is 0 Å². The molecule has 0 amide bonds. The molecule has 0 aliphatic rings. The number of aliphatic hydroxyl groups excluding tert-OH is 1. The number of aliphatic hydroxyl groups is 1. The zero-order valence-corrected chi connectivity index (χ0v) is 14.3. The molecule has 1 heterocycles. The standard InChI is InChI=1S/C16H21NO3S2/c1-13-5-7-14(8-6-13)16-17-15(11-21-16)12-22(19,20)10-4-2-3-9-18/h5-8,11,18H,2-4,9-10,12H2,1H3. The van der Waals surface area contributed by atoms with Gasteiger partial charge in [0.1, 0.15) is 5.01 Å². The summed E-state index contributed by atoms with van der Waals surface area (Å²) in [5.74, 6) is 0.152. The van der Waals surface area contributed by atoms with E-state index >= 15 is 0 Å². The lowest BCUT2D eigenvalue weighted by Gasteiger charge is -2.02. The summed E-state index contributed by atoms with van der Waals surface area (Å²) in [6.45, 7) is 2.15. The highest BCUT2D eigenvalue weighted by atomic mass is 32.2. The van der Waals surface area contributed by atoms with Crippen LogP contribution in [0.15, 0.2) is 29.6 Å². The third-order valence-corrected chi connectivity index (χ3v) is 5.92. The van der Waals surface area contributed by atoms with Gasteiger partial charge in [-0.25, -0.2) is 13.4 Å². The molecule has 0 aliphatic carbocycles. The van der Waals surface area contributed by atoms with Crippen LogP contribution in [0.2, 0.25) is 0 Å². The molecule has 22 heavy (non-hydrogen) atoms. The summed E-state index contributed by atoms with van der Waals surface area (Å²) in [4.78, 5) is 4.44. The van der Waals surface area contributed by atoms with Crippen molar-refractivity contribution in [1.29, 1.82) is 0 Å². The first kappa shape index (κ1) is 17.1. The molecule has 0 aliphatic heterocycles. The van der Waals surface area contributed by atoms with Crippen molar-refractivity contribution < 1.29 is 13.5 Å². The molecular weight excluding hydrogens is 318 g/mol. The summed E-state index contributed by atoms with van der Waals surface area (Å²) >= 11 is 1.47. The van der Waals surface area contributed by atoms with Crippen molar-refractivity contribution in [2.45, 2.75) is 31.9 Å². The molecule has 0 atom stereocenters. The summed E-state index contributed by atoms with van der Waals surface area (Å²) < 4.78 is 24.1. The lowest BCUT2D eigenvalue weighted by Crippen LogP contribution is -2.09. The minimum atomic E-state index is -3.13. The monoisotopic (exact) mass is 339 g/mol. The van der Waals surface area contributed by atoms with Gasteiger partial charge in [-0.05, 0) is 19.8 Å². The summed E-state index contributed by atoms with van der Waals surface area (Å²) in [6.07, 6.45) is 1.99. The van der Waals surface area contributed by atoms with Crippen molar-refractivity contribution in [2.75, 3.05) is 12.4 Å². The highest BCUT2D eigenvalue weighted by Gasteiger charge is 2.14. The van der Waals surface area contributed by atoms with Crippen molar-refractivity contribution in [2.24, 2.45) is 0 Å². The van der Waals surface area contributed by atoms with Gasteiger partial charge in [0.2, 0.25) is 0 Å². The number of sulfone groups is 1. The normalized spacial score (nSPS) is 11.7. The zero-order valence-electron chi connectivity index (χ0n) is 12.7. The highest BCUT2D eigenvalue weighted by Crippen LogP contribution is 2.25. The molecule has 0 fully saturated rings. The van der Waals surface area contributed by atoms with Crippen LogP contribution in [0.3, 0.4) is 0 Å². The first-order valence-corrected chi connectivity index (χ1v) is 10.0. The minimum absolute atomic E-state index is 0.00547. The second-order valence-corrected chi connectivity index (χ2v) is 8.43. The Morgan fingerprint density at radius 1 is 1.14 bits per heavy atom. The first-order valence-electron chi connectivity index (χ1n) is 7.33. The van der Waals surface area contributed by atoms with Gasteiger partial charge >= 0.3 is 0 Å². The topological polar surface area (TPSA) is 67.3 Å². The number of unbranched alkanes of at least 4 members (excludes halogenated alkanes) is 2. The molecule has 0 radical (unpaired) electrons. The second-order valence-electron chi connectivity index (χ2n) is 5.39. The Hall–Kier alpha value is -1.24. The summed E-state index contributed by atoms with van der Waals surface area (Å²) in [5.41, 5.74) is 2.82. The van der Waals surface area contributed by atoms with E-state index in [4.69, 9.17) is 5.11 Å². The molecule has 4 nitrogen and oxygen atoms in total. The minimum Gasteiger partial charge on any atom is -0.396 e. The molecule has 2 aromatic rings. The Balaban J connectivity index is 1.98. The number of aryl methyl sites for hydroxylation is 1. The fourth-order valence-electron chi connectivity index (χ4n) is 2.11. The first-order chi connectivity index (χ1) is 10.5. The Labute approximate surface area is 135 Å². The van der Waals surface area contributed by atoms with Gasteiger partial charge in [-0.15, -0.1) is 11.3 Å². The molecule has 0 saturated carbocycles. The molecule has 1 aromatic carbocycles. The van der Waals surface area contributed by atoms with Crippen LogP contribution < -0.4 is 0 Å². The second kappa shape index (κ2) is 7.85. The van der Waals surface area contributed by atoms with Crippen molar-refractivity contribution in [3.63, 3.8) is 0 Å². The SMILES string of the molecule is Cc1ccc(-c2nc(CS(=O)(=O)CCCCCO)cs2)cc1. The molecule has 0 saturated heterocycles. The fourth-order valence-corrected chi connectivity index (χ4v) is 4.43. The molecule has 2 rings (SSSR count). The van der Waals surface area contributed by atoms with Crippen molar-refractivity contribution in [1.82, 2.24) is 4.98 Å². The number of hydrogen-bond donors (Lipinski definition) is 1. The smallest absolute Gasteiger partial charge is 0.156 e.